The van der Waals surface area contributed by atoms with Crippen molar-refractivity contribution in [1.82, 2.24) is 25.1 Å². The minimum atomic E-state index is -4.74. The van der Waals surface area contributed by atoms with Gasteiger partial charge in [0.1, 0.15) is 17.3 Å². The molecule has 0 saturated heterocycles. The van der Waals surface area contributed by atoms with Gasteiger partial charge in [-0.1, -0.05) is 12.1 Å². The molecule has 0 bridgehead atoms. The van der Waals surface area contributed by atoms with Crippen LogP contribution in [0.1, 0.15) is 33.9 Å². The van der Waals surface area contributed by atoms with Crippen molar-refractivity contribution >= 4 is 17.4 Å². The number of halogens is 3. The fourth-order valence-corrected chi connectivity index (χ4v) is 3.31. The van der Waals surface area contributed by atoms with Gasteiger partial charge in [0.2, 0.25) is 0 Å². The van der Waals surface area contributed by atoms with Gasteiger partial charge in [-0.25, -0.2) is 9.97 Å². The molecule has 4 aromatic rings. The van der Waals surface area contributed by atoms with Crippen molar-refractivity contribution in [2.75, 3.05) is 5.32 Å². The van der Waals surface area contributed by atoms with Gasteiger partial charge in [-0.05, 0) is 50.1 Å². The summed E-state index contributed by atoms with van der Waals surface area (Å²) in [4.78, 5) is 25.8. The third-order valence-electron chi connectivity index (χ3n) is 4.92. The van der Waals surface area contributed by atoms with Crippen LogP contribution in [0.15, 0.2) is 54.7 Å². The Morgan fingerprint density at radius 1 is 1.03 bits per heavy atom. The van der Waals surface area contributed by atoms with Gasteiger partial charge in [-0.3, -0.25) is 14.9 Å². The quantitative estimate of drug-likeness (QED) is 0.327. The molecule has 8 nitrogen and oxygen atoms in total. The highest BCUT2D eigenvalue weighted by molar-refractivity contribution is 5.94. The SMILES string of the molecule is Cc1cc(Nc2cc(C)[nH]n2)nc(-c2ccc(C(=O)CCc3ccc(OC(F)(F)F)cc3)nc2)n1. The molecule has 1 aromatic carbocycles. The lowest BCUT2D eigenvalue weighted by Crippen LogP contribution is -2.17. The first-order valence-corrected chi connectivity index (χ1v) is 10.6. The number of aryl methyl sites for hydroxylation is 3. The number of alkyl halides is 3. The van der Waals surface area contributed by atoms with E-state index in [0.29, 0.717) is 35.0 Å². The number of Topliss-reactive ketones (excluding diaryl/α,β-unsaturated/α-hetero) is 1. The number of hydrogen-bond acceptors (Lipinski definition) is 7. The molecule has 0 aliphatic heterocycles. The zero-order chi connectivity index (χ0) is 25.0. The molecule has 0 fully saturated rings. The fourth-order valence-electron chi connectivity index (χ4n) is 3.31. The summed E-state index contributed by atoms with van der Waals surface area (Å²) in [5.41, 5.74) is 3.30. The Morgan fingerprint density at radius 3 is 2.43 bits per heavy atom. The number of pyridine rings is 1. The third kappa shape index (κ3) is 6.62. The first kappa shape index (κ1) is 23.9. The Morgan fingerprint density at radius 2 is 1.80 bits per heavy atom. The lowest BCUT2D eigenvalue weighted by molar-refractivity contribution is -0.274. The summed E-state index contributed by atoms with van der Waals surface area (Å²) in [6.45, 7) is 3.74. The van der Waals surface area contributed by atoms with E-state index < -0.39 is 6.36 Å². The van der Waals surface area contributed by atoms with Crippen LogP contribution in [0.2, 0.25) is 0 Å². The van der Waals surface area contributed by atoms with E-state index in [1.165, 1.54) is 30.5 Å². The van der Waals surface area contributed by atoms with E-state index in [2.05, 4.69) is 35.2 Å². The summed E-state index contributed by atoms with van der Waals surface area (Å²) in [5, 5.41) is 10.1. The molecule has 0 atom stereocenters. The summed E-state index contributed by atoms with van der Waals surface area (Å²) >= 11 is 0. The topological polar surface area (TPSA) is 106 Å². The molecule has 11 heteroatoms. The van der Waals surface area contributed by atoms with Gasteiger partial charge in [0.05, 0.1) is 0 Å². The predicted octanol–water partition coefficient (Wildman–Crippen LogP) is 5.34. The van der Waals surface area contributed by atoms with Crippen LogP contribution < -0.4 is 10.1 Å². The highest BCUT2D eigenvalue weighted by Crippen LogP contribution is 2.24. The van der Waals surface area contributed by atoms with Crippen molar-refractivity contribution in [1.29, 1.82) is 0 Å². The number of hydrogen-bond donors (Lipinski definition) is 2. The molecule has 0 aliphatic carbocycles. The average Bonchev–Trinajstić information content (AvgIpc) is 3.21. The van der Waals surface area contributed by atoms with Gasteiger partial charge in [-0.2, -0.15) is 5.10 Å². The second kappa shape index (κ2) is 9.92. The second-order valence-corrected chi connectivity index (χ2v) is 7.83. The van der Waals surface area contributed by atoms with Crippen molar-refractivity contribution in [3.8, 4) is 17.1 Å². The number of ether oxygens (including phenoxy) is 1. The summed E-state index contributed by atoms with van der Waals surface area (Å²) in [6, 6.07) is 12.4. The van der Waals surface area contributed by atoms with E-state index in [9.17, 15) is 18.0 Å². The molecular weight excluding hydrogens is 461 g/mol. The normalized spacial score (nSPS) is 11.3. The zero-order valence-electron chi connectivity index (χ0n) is 18.8. The number of aromatic nitrogens is 5. The molecule has 0 amide bonds. The maximum atomic E-state index is 12.5. The van der Waals surface area contributed by atoms with Crippen LogP contribution in [-0.2, 0) is 6.42 Å². The molecule has 0 radical (unpaired) electrons. The first-order chi connectivity index (χ1) is 16.6. The summed E-state index contributed by atoms with van der Waals surface area (Å²) < 4.78 is 40.6. The molecule has 3 aromatic heterocycles. The van der Waals surface area contributed by atoms with Crippen molar-refractivity contribution in [2.45, 2.75) is 33.1 Å². The number of benzene rings is 1. The summed E-state index contributed by atoms with van der Waals surface area (Å²) in [6.07, 6.45) is -2.69. The molecule has 0 spiro atoms. The van der Waals surface area contributed by atoms with Crippen LogP contribution in [0.3, 0.4) is 0 Å². The second-order valence-electron chi connectivity index (χ2n) is 7.83. The van der Waals surface area contributed by atoms with E-state index in [1.54, 1.807) is 18.2 Å². The summed E-state index contributed by atoms with van der Waals surface area (Å²) in [5.74, 6) is 1.17. The standard InChI is InChI=1S/C24H21F3N6O2/c1-14-11-21(30-22-12-15(2)32-33-22)31-23(29-14)17-6-9-19(28-13-17)20(34)10-5-16-3-7-18(8-4-16)35-24(25,26)27/h3-4,6-9,11-13H,5,10H2,1-2H3,(H2,29,30,31,32,33). The van der Waals surface area contributed by atoms with Crippen LogP contribution in [0.4, 0.5) is 24.8 Å². The number of nitrogens with one attached hydrogen (secondary N) is 2. The number of carbonyl (C=O) groups excluding carboxylic acids is 1. The highest BCUT2D eigenvalue weighted by Gasteiger charge is 2.30. The van der Waals surface area contributed by atoms with Gasteiger partial charge >= 0.3 is 6.36 Å². The van der Waals surface area contributed by atoms with E-state index >= 15 is 0 Å². The maximum absolute atomic E-state index is 12.5. The molecule has 35 heavy (non-hydrogen) atoms. The van der Waals surface area contributed by atoms with Crippen molar-refractivity contribution in [3.63, 3.8) is 0 Å². The number of carbonyl (C=O) groups is 1. The van der Waals surface area contributed by atoms with Crippen LogP contribution in [0.25, 0.3) is 11.4 Å². The van der Waals surface area contributed by atoms with Crippen LogP contribution in [0.5, 0.6) is 5.75 Å². The molecular formula is C24H21F3N6O2. The van der Waals surface area contributed by atoms with Crippen molar-refractivity contribution in [3.05, 3.63) is 77.4 Å². The number of ketones is 1. The van der Waals surface area contributed by atoms with Gasteiger partial charge in [0.25, 0.3) is 0 Å². The predicted molar refractivity (Wildman–Crippen MR) is 122 cm³/mol. The lowest BCUT2D eigenvalue weighted by Gasteiger charge is -2.09. The lowest BCUT2D eigenvalue weighted by atomic mass is 10.1. The van der Waals surface area contributed by atoms with E-state index in [4.69, 9.17) is 0 Å². The van der Waals surface area contributed by atoms with Crippen LogP contribution >= 0.6 is 0 Å². The molecule has 180 valence electrons. The highest BCUT2D eigenvalue weighted by atomic mass is 19.4. The smallest absolute Gasteiger partial charge is 0.406 e. The molecule has 2 N–H and O–H groups in total. The number of anilines is 2. The van der Waals surface area contributed by atoms with Crippen molar-refractivity contribution < 1.29 is 22.7 Å². The minimum absolute atomic E-state index is 0.157. The van der Waals surface area contributed by atoms with Gasteiger partial charge in [0.15, 0.2) is 17.4 Å². The third-order valence-corrected chi connectivity index (χ3v) is 4.92. The molecule has 0 saturated carbocycles. The maximum Gasteiger partial charge on any atom is 0.573 e. The Labute approximate surface area is 198 Å². The minimum Gasteiger partial charge on any atom is -0.406 e. The average molecular weight is 482 g/mol. The zero-order valence-corrected chi connectivity index (χ0v) is 18.8. The molecule has 4 rings (SSSR count). The number of H-pyrrole nitrogens is 1. The largest absolute Gasteiger partial charge is 0.573 e. The Bertz CT molecular complexity index is 1320. The van der Waals surface area contributed by atoms with Gasteiger partial charge in [0, 0.05) is 41.7 Å². The molecule has 0 aliphatic rings. The Balaban J connectivity index is 1.39. The van der Waals surface area contributed by atoms with E-state index in [0.717, 1.165) is 11.4 Å². The summed E-state index contributed by atoms with van der Waals surface area (Å²) in [7, 11) is 0. The van der Waals surface area contributed by atoms with Gasteiger partial charge < -0.3 is 10.1 Å². The fraction of sp³-hybridized carbons (Fsp3) is 0.208. The van der Waals surface area contributed by atoms with Crippen LogP contribution in [-0.4, -0.2) is 37.3 Å². The van der Waals surface area contributed by atoms with E-state index in [-0.39, 0.29) is 23.6 Å². The Hall–Kier alpha value is -4.28. The monoisotopic (exact) mass is 482 g/mol. The number of aromatic amines is 1. The number of nitrogens with zero attached hydrogens (tertiary/aromatic N) is 4. The first-order valence-electron chi connectivity index (χ1n) is 10.6. The van der Waals surface area contributed by atoms with Gasteiger partial charge in [-0.15, -0.1) is 13.2 Å². The number of rotatable bonds is 8. The molecule has 3 heterocycles. The van der Waals surface area contributed by atoms with E-state index in [1.807, 2.05) is 19.9 Å². The Kier molecular flexibility index (Phi) is 6.76. The molecule has 0 unspecified atom stereocenters. The van der Waals surface area contributed by atoms with Crippen molar-refractivity contribution in [2.24, 2.45) is 0 Å². The van der Waals surface area contributed by atoms with Crippen LogP contribution in [0, 0.1) is 13.8 Å².